The van der Waals surface area contributed by atoms with E-state index in [-0.39, 0.29) is 12.1 Å². The average Bonchev–Trinajstić information content (AvgIpc) is 3.05. The summed E-state index contributed by atoms with van der Waals surface area (Å²) in [4.78, 5) is 24.9. The molecule has 4 rings (SSSR count). The summed E-state index contributed by atoms with van der Waals surface area (Å²) in [5.41, 5.74) is 2.31. The Labute approximate surface area is 202 Å². The standard InChI is InChI=1S/C25H34BN3O5/c1-18(31-6)22-21(26-33-24(2,3)25(4,5)34-26)16-20(17-27-22)28-12-14-29(15-13-28)32-23(30)19-10-8-7-9-11-19/h7-11,16-18H,12-15H2,1-6H3/t18-/m0/s1. The van der Waals surface area contributed by atoms with Crippen molar-refractivity contribution in [1.29, 1.82) is 0 Å². The highest BCUT2D eigenvalue weighted by Gasteiger charge is 2.52. The van der Waals surface area contributed by atoms with Gasteiger partial charge in [0, 0.05) is 25.7 Å². The number of carbonyl (C=O) groups is 1. The van der Waals surface area contributed by atoms with E-state index in [1.165, 1.54) is 0 Å². The molecule has 2 aliphatic rings. The zero-order chi connectivity index (χ0) is 24.5. The number of hydrogen-bond acceptors (Lipinski definition) is 8. The number of nitrogens with zero attached hydrogens (tertiary/aromatic N) is 3. The largest absolute Gasteiger partial charge is 0.496 e. The predicted molar refractivity (Wildman–Crippen MR) is 131 cm³/mol. The number of anilines is 1. The molecule has 2 aliphatic heterocycles. The number of carbonyl (C=O) groups excluding carboxylic acids is 1. The normalized spacial score (nSPS) is 20.9. The summed E-state index contributed by atoms with van der Waals surface area (Å²) in [6.45, 7) is 12.7. The highest BCUT2D eigenvalue weighted by atomic mass is 16.7. The predicted octanol–water partition coefficient (Wildman–Crippen LogP) is 2.98. The Morgan fingerprint density at radius 2 is 1.68 bits per heavy atom. The lowest BCUT2D eigenvalue weighted by Crippen LogP contribution is -2.47. The van der Waals surface area contributed by atoms with Crippen LogP contribution in [0.2, 0.25) is 0 Å². The number of methoxy groups -OCH3 is 1. The Balaban J connectivity index is 1.48. The van der Waals surface area contributed by atoms with Gasteiger partial charge in [0.25, 0.3) is 0 Å². The maximum Gasteiger partial charge on any atom is 0.496 e. The van der Waals surface area contributed by atoms with Gasteiger partial charge in [0.1, 0.15) is 0 Å². The van der Waals surface area contributed by atoms with Crippen molar-refractivity contribution in [2.24, 2.45) is 0 Å². The van der Waals surface area contributed by atoms with Gasteiger partial charge in [0.05, 0.1) is 53.5 Å². The molecule has 1 aromatic carbocycles. The van der Waals surface area contributed by atoms with Gasteiger partial charge in [-0.25, -0.2) is 4.79 Å². The second-order valence-electron chi connectivity index (χ2n) is 9.80. The summed E-state index contributed by atoms with van der Waals surface area (Å²) in [7, 11) is 1.14. The number of piperazine rings is 1. The van der Waals surface area contributed by atoms with E-state index < -0.39 is 18.3 Å². The van der Waals surface area contributed by atoms with Crippen LogP contribution in [0.15, 0.2) is 42.6 Å². The van der Waals surface area contributed by atoms with Gasteiger partial charge >= 0.3 is 13.1 Å². The van der Waals surface area contributed by atoms with Crippen LogP contribution < -0.4 is 10.4 Å². The monoisotopic (exact) mass is 467 g/mol. The summed E-state index contributed by atoms with van der Waals surface area (Å²) in [6, 6.07) is 11.1. The molecule has 3 heterocycles. The SMILES string of the molecule is CO[C@@H](C)c1ncc(N2CCN(OC(=O)c3ccccc3)CC2)cc1B1OC(C)(C)C(C)(C)O1. The maximum absolute atomic E-state index is 12.4. The Bertz CT molecular complexity index is 993. The van der Waals surface area contributed by atoms with Crippen molar-refractivity contribution in [3.63, 3.8) is 0 Å². The number of benzene rings is 1. The number of hydrogen-bond donors (Lipinski definition) is 0. The molecule has 0 radical (unpaired) electrons. The van der Waals surface area contributed by atoms with E-state index in [0.29, 0.717) is 31.7 Å². The topological polar surface area (TPSA) is 73.4 Å². The third-order valence-electron chi connectivity index (χ3n) is 7.01. The Kier molecular flexibility index (Phi) is 7.00. The second kappa shape index (κ2) is 9.66. The number of aromatic nitrogens is 1. The molecule has 0 unspecified atom stereocenters. The molecule has 8 nitrogen and oxygen atoms in total. The van der Waals surface area contributed by atoms with Crippen molar-refractivity contribution in [3.8, 4) is 0 Å². The molecule has 1 atom stereocenters. The van der Waals surface area contributed by atoms with E-state index in [9.17, 15) is 4.79 Å². The lowest BCUT2D eigenvalue weighted by molar-refractivity contribution is -0.112. The molecular weight excluding hydrogens is 433 g/mol. The van der Waals surface area contributed by atoms with Crippen LogP contribution in [0, 0.1) is 0 Å². The molecule has 0 aliphatic carbocycles. The summed E-state index contributed by atoms with van der Waals surface area (Å²) in [6.07, 6.45) is 1.67. The van der Waals surface area contributed by atoms with Gasteiger partial charge in [0.15, 0.2) is 0 Å². The van der Waals surface area contributed by atoms with Crippen LogP contribution in [0.5, 0.6) is 0 Å². The van der Waals surface area contributed by atoms with Crippen molar-refractivity contribution in [2.45, 2.75) is 51.9 Å². The lowest BCUT2D eigenvalue weighted by Gasteiger charge is -2.35. The highest BCUT2D eigenvalue weighted by molar-refractivity contribution is 6.62. The number of rotatable bonds is 6. The van der Waals surface area contributed by atoms with E-state index in [2.05, 4.69) is 11.0 Å². The van der Waals surface area contributed by atoms with Gasteiger partial charge in [-0.2, -0.15) is 0 Å². The number of hydroxylamine groups is 2. The molecule has 0 spiro atoms. The number of ether oxygens (including phenoxy) is 1. The lowest BCUT2D eigenvalue weighted by atomic mass is 9.76. The molecule has 9 heteroatoms. The van der Waals surface area contributed by atoms with Gasteiger partial charge in [-0.05, 0) is 52.8 Å². The quantitative estimate of drug-likeness (QED) is 0.601. The summed E-state index contributed by atoms with van der Waals surface area (Å²) < 4.78 is 18.2. The molecule has 0 N–H and O–H groups in total. The van der Waals surface area contributed by atoms with E-state index in [4.69, 9.17) is 23.9 Å². The van der Waals surface area contributed by atoms with Crippen molar-refractivity contribution in [2.75, 3.05) is 38.2 Å². The van der Waals surface area contributed by atoms with Crippen molar-refractivity contribution < 1.29 is 23.7 Å². The van der Waals surface area contributed by atoms with Crippen LogP contribution in [-0.4, -0.2) is 67.6 Å². The minimum absolute atomic E-state index is 0.197. The fraction of sp³-hybridized carbons (Fsp3) is 0.520. The first-order chi connectivity index (χ1) is 16.1. The van der Waals surface area contributed by atoms with Crippen molar-refractivity contribution >= 4 is 24.2 Å². The van der Waals surface area contributed by atoms with Crippen LogP contribution >= 0.6 is 0 Å². The molecule has 0 saturated carbocycles. The molecule has 0 bridgehead atoms. The summed E-state index contributed by atoms with van der Waals surface area (Å²) in [5, 5.41) is 1.72. The first-order valence-electron chi connectivity index (χ1n) is 11.8. The fourth-order valence-corrected chi connectivity index (χ4v) is 4.05. The molecule has 182 valence electrons. The zero-order valence-electron chi connectivity index (χ0n) is 20.9. The molecule has 1 aromatic heterocycles. The Morgan fingerprint density at radius 1 is 1.06 bits per heavy atom. The van der Waals surface area contributed by atoms with Crippen molar-refractivity contribution in [3.05, 3.63) is 53.9 Å². The molecule has 0 amide bonds. The van der Waals surface area contributed by atoms with E-state index in [1.54, 1.807) is 24.3 Å². The van der Waals surface area contributed by atoms with Crippen LogP contribution in [0.3, 0.4) is 0 Å². The Hall–Kier alpha value is -2.46. The molecular formula is C25H34BN3O5. The minimum atomic E-state index is -0.529. The first kappa shape index (κ1) is 24.7. The first-order valence-corrected chi connectivity index (χ1v) is 11.8. The summed E-state index contributed by atoms with van der Waals surface area (Å²) in [5.74, 6) is -0.336. The fourth-order valence-electron chi connectivity index (χ4n) is 4.05. The van der Waals surface area contributed by atoms with Crippen LogP contribution in [0.4, 0.5) is 5.69 Å². The Morgan fingerprint density at radius 3 is 2.26 bits per heavy atom. The van der Waals surface area contributed by atoms with Gasteiger partial charge in [0.2, 0.25) is 0 Å². The van der Waals surface area contributed by atoms with E-state index in [0.717, 1.165) is 16.8 Å². The van der Waals surface area contributed by atoms with Gasteiger partial charge in [-0.3, -0.25) is 4.98 Å². The molecule has 34 heavy (non-hydrogen) atoms. The van der Waals surface area contributed by atoms with Gasteiger partial charge in [-0.1, -0.05) is 18.2 Å². The average molecular weight is 467 g/mol. The minimum Gasteiger partial charge on any atom is -0.399 e. The summed E-state index contributed by atoms with van der Waals surface area (Å²) >= 11 is 0. The smallest absolute Gasteiger partial charge is 0.399 e. The van der Waals surface area contributed by atoms with Crippen LogP contribution in [-0.2, 0) is 18.9 Å². The van der Waals surface area contributed by atoms with Gasteiger partial charge in [-0.15, -0.1) is 5.06 Å². The van der Waals surface area contributed by atoms with E-state index in [1.807, 2.05) is 59.0 Å². The van der Waals surface area contributed by atoms with Crippen LogP contribution in [0.25, 0.3) is 0 Å². The van der Waals surface area contributed by atoms with E-state index >= 15 is 0 Å². The number of pyridine rings is 1. The third kappa shape index (κ3) is 4.98. The molecule has 2 fully saturated rings. The zero-order valence-corrected chi connectivity index (χ0v) is 20.9. The second-order valence-corrected chi connectivity index (χ2v) is 9.80. The molecule has 2 aromatic rings. The molecule has 2 saturated heterocycles. The van der Waals surface area contributed by atoms with Gasteiger partial charge < -0.3 is 23.8 Å². The van der Waals surface area contributed by atoms with Crippen LogP contribution in [0.1, 0.15) is 56.8 Å². The highest BCUT2D eigenvalue weighted by Crippen LogP contribution is 2.37. The van der Waals surface area contributed by atoms with Crippen molar-refractivity contribution in [1.82, 2.24) is 10.0 Å². The third-order valence-corrected chi connectivity index (χ3v) is 7.01. The maximum atomic E-state index is 12.4.